The summed E-state index contributed by atoms with van der Waals surface area (Å²) in [6.45, 7) is 6.45. The third-order valence-electron chi connectivity index (χ3n) is 3.72. The molecule has 21 heavy (non-hydrogen) atoms. The molecule has 1 aliphatic rings. The van der Waals surface area contributed by atoms with E-state index in [2.05, 4.69) is 22.3 Å². The van der Waals surface area contributed by atoms with Crippen LogP contribution in [0.4, 0.5) is 0 Å². The molecule has 4 nitrogen and oxygen atoms in total. The third kappa shape index (κ3) is 4.77. The average molecular weight is 288 g/mol. The van der Waals surface area contributed by atoms with E-state index in [4.69, 9.17) is 0 Å². The second-order valence-corrected chi connectivity index (χ2v) is 6.20. The van der Waals surface area contributed by atoms with Crippen LogP contribution in [0.3, 0.4) is 0 Å². The zero-order chi connectivity index (χ0) is 15.3. The smallest absolute Gasteiger partial charge is 0.173 e. The maximum Gasteiger partial charge on any atom is 0.173 e. The summed E-state index contributed by atoms with van der Waals surface area (Å²) >= 11 is 0. The Balaban J connectivity index is 1.89. The molecule has 0 saturated carbocycles. The van der Waals surface area contributed by atoms with Crippen LogP contribution in [-0.2, 0) is 11.3 Å². The topological polar surface area (TPSA) is 52.6 Å². The number of rotatable bonds is 6. The third-order valence-corrected chi connectivity index (χ3v) is 3.72. The predicted octanol–water partition coefficient (Wildman–Crippen LogP) is 1.36. The molecule has 0 unspecified atom stereocenters. The molecular formula is C17H24N2O2. The molecule has 2 N–H and O–H groups in total. The largest absolute Gasteiger partial charge is 0.394 e. The van der Waals surface area contributed by atoms with Gasteiger partial charge in [0.25, 0.3) is 0 Å². The highest BCUT2D eigenvalue weighted by atomic mass is 16.3. The molecule has 1 aromatic rings. The van der Waals surface area contributed by atoms with Gasteiger partial charge in [0.15, 0.2) is 5.78 Å². The van der Waals surface area contributed by atoms with Gasteiger partial charge in [0.1, 0.15) is 0 Å². The minimum absolute atomic E-state index is 0.0502. The van der Waals surface area contributed by atoms with Crippen molar-refractivity contribution in [2.45, 2.75) is 25.9 Å². The zero-order valence-electron chi connectivity index (χ0n) is 12.8. The number of aliphatic hydroxyl groups excluding tert-OH is 1. The lowest BCUT2D eigenvalue weighted by molar-refractivity contribution is -0.117. The molecule has 0 saturated heterocycles. The predicted molar refractivity (Wildman–Crippen MR) is 84.0 cm³/mol. The highest BCUT2D eigenvalue weighted by Gasteiger charge is 2.22. The highest BCUT2D eigenvalue weighted by molar-refractivity contribution is 5.98. The Morgan fingerprint density at radius 2 is 2.00 bits per heavy atom. The molecule has 114 valence electrons. The van der Waals surface area contributed by atoms with Crippen LogP contribution < -0.4 is 5.32 Å². The average Bonchev–Trinajstić information content (AvgIpc) is 2.47. The maximum atomic E-state index is 12.2. The van der Waals surface area contributed by atoms with Crippen molar-refractivity contribution >= 4 is 5.78 Å². The molecule has 4 heteroatoms. The van der Waals surface area contributed by atoms with Crippen LogP contribution in [0.25, 0.3) is 0 Å². The quantitative estimate of drug-likeness (QED) is 0.830. The number of carbonyl (C=O) groups excluding carboxylic acids is 1. The van der Waals surface area contributed by atoms with Crippen molar-refractivity contribution in [2.75, 3.05) is 26.2 Å². The molecule has 0 aromatic heterocycles. The normalized spacial score (nSPS) is 16.9. The highest BCUT2D eigenvalue weighted by Crippen LogP contribution is 2.12. The van der Waals surface area contributed by atoms with Crippen LogP contribution in [0.5, 0.6) is 0 Å². The molecule has 1 aliphatic heterocycles. The molecule has 0 radical (unpaired) electrons. The van der Waals surface area contributed by atoms with E-state index in [1.54, 1.807) is 0 Å². The molecule has 0 bridgehead atoms. The molecule has 2 rings (SSSR count). The van der Waals surface area contributed by atoms with Gasteiger partial charge in [-0.1, -0.05) is 36.4 Å². The van der Waals surface area contributed by atoms with Gasteiger partial charge in [-0.05, 0) is 19.4 Å². The molecule has 0 atom stereocenters. The van der Waals surface area contributed by atoms with Gasteiger partial charge < -0.3 is 10.4 Å². The van der Waals surface area contributed by atoms with E-state index in [9.17, 15) is 9.90 Å². The Morgan fingerprint density at radius 3 is 2.62 bits per heavy atom. The zero-order valence-corrected chi connectivity index (χ0v) is 12.8. The number of aliphatic hydroxyl groups is 1. The molecule has 0 fully saturated rings. The minimum Gasteiger partial charge on any atom is -0.394 e. The fourth-order valence-electron chi connectivity index (χ4n) is 2.25. The second kappa shape index (κ2) is 6.98. The van der Waals surface area contributed by atoms with Crippen LogP contribution in [-0.4, -0.2) is 47.6 Å². The Kier molecular flexibility index (Phi) is 5.28. The Morgan fingerprint density at radius 1 is 1.29 bits per heavy atom. The number of ketones is 1. The number of hydrogen-bond acceptors (Lipinski definition) is 4. The van der Waals surface area contributed by atoms with Crippen LogP contribution in [0.15, 0.2) is 42.0 Å². The number of benzene rings is 1. The van der Waals surface area contributed by atoms with Gasteiger partial charge in [-0.15, -0.1) is 0 Å². The van der Waals surface area contributed by atoms with E-state index >= 15 is 0 Å². The van der Waals surface area contributed by atoms with E-state index < -0.39 is 0 Å². The van der Waals surface area contributed by atoms with Crippen molar-refractivity contribution < 1.29 is 9.90 Å². The van der Waals surface area contributed by atoms with Gasteiger partial charge in [-0.25, -0.2) is 0 Å². The van der Waals surface area contributed by atoms with Gasteiger partial charge in [0.2, 0.25) is 0 Å². The van der Waals surface area contributed by atoms with Crippen LogP contribution in [0.1, 0.15) is 19.4 Å². The summed E-state index contributed by atoms with van der Waals surface area (Å²) in [7, 11) is 0. The first-order chi connectivity index (χ1) is 10.00. The van der Waals surface area contributed by atoms with E-state index in [1.807, 2.05) is 38.1 Å². The lowest BCUT2D eigenvalue weighted by Crippen LogP contribution is -2.45. The lowest BCUT2D eigenvalue weighted by atomic mass is 10.0. The fraction of sp³-hybridized carbons (Fsp3) is 0.471. The van der Waals surface area contributed by atoms with E-state index in [0.29, 0.717) is 13.1 Å². The van der Waals surface area contributed by atoms with Crippen molar-refractivity contribution in [3.05, 3.63) is 47.5 Å². The number of Topliss-reactive ketones (excluding diaryl/α,β-unsaturated/α-hetero) is 1. The van der Waals surface area contributed by atoms with Crippen LogP contribution in [0, 0.1) is 0 Å². The fourth-order valence-corrected chi connectivity index (χ4v) is 2.25. The van der Waals surface area contributed by atoms with Gasteiger partial charge in [-0.3, -0.25) is 9.69 Å². The van der Waals surface area contributed by atoms with Gasteiger partial charge in [0.05, 0.1) is 13.2 Å². The Hall–Kier alpha value is -1.49. The molecule has 0 spiro atoms. The number of nitrogens with zero attached hydrogens (tertiary/aromatic N) is 1. The van der Waals surface area contributed by atoms with E-state index in [0.717, 1.165) is 18.7 Å². The summed E-state index contributed by atoms with van der Waals surface area (Å²) in [5.41, 5.74) is 1.69. The summed E-state index contributed by atoms with van der Waals surface area (Å²) < 4.78 is 0. The summed E-state index contributed by atoms with van der Waals surface area (Å²) in [6.07, 6.45) is 2.00. The second-order valence-electron chi connectivity index (χ2n) is 6.20. The van der Waals surface area contributed by atoms with Crippen molar-refractivity contribution in [1.29, 1.82) is 0 Å². The molecule has 0 amide bonds. The van der Waals surface area contributed by atoms with Crippen molar-refractivity contribution in [2.24, 2.45) is 0 Å². The monoisotopic (exact) mass is 288 g/mol. The minimum atomic E-state index is -0.359. The van der Waals surface area contributed by atoms with Gasteiger partial charge >= 0.3 is 0 Å². The molecule has 1 heterocycles. The first kappa shape index (κ1) is 15.9. The standard InChI is InChI=1S/C17H24N2O2/c1-17(2,13-20)18-10-15-8-9-19(12-16(15)21)11-14-6-4-3-5-7-14/h3-8,18,20H,9-13H2,1-2H3. The van der Waals surface area contributed by atoms with Gasteiger partial charge in [0, 0.05) is 30.7 Å². The van der Waals surface area contributed by atoms with E-state index in [1.165, 1.54) is 5.56 Å². The number of hydrogen-bond donors (Lipinski definition) is 2. The summed E-state index contributed by atoms with van der Waals surface area (Å²) in [6, 6.07) is 10.2. The van der Waals surface area contributed by atoms with Crippen molar-refractivity contribution in [3.63, 3.8) is 0 Å². The van der Waals surface area contributed by atoms with Crippen LogP contribution in [0.2, 0.25) is 0 Å². The summed E-state index contributed by atoms with van der Waals surface area (Å²) in [5, 5.41) is 12.4. The Bertz CT molecular complexity index is 509. The first-order valence-corrected chi connectivity index (χ1v) is 7.34. The first-order valence-electron chi connectivity index (χ1n) is 7.34. The van der Waals surface area contributed by atoms with Gasteiger partial charge in [-0.2, -0.15) is 0 Å². The van der Waals surface area contributed by atoms with E-state index in [-0.39, 0.29) is 17.9 Å². The van der Waals surface area contributed by atoms with Crippen LogP contribution >= 0.6 is 0 Å². The number of carbonyl (C=O) groups is 1. The van der Waals surface area contributed by atoms with Crippen molar-refractivity contribution in [3.8, 4) is 0 Å². The van der Waals surface area contributed by atoms with Crippen molar-refractivity contribution in [1.82, 2.24) is 10.2 Å². The summed E-state index contributed by atoms with van der Waals surface area (Å²) in [4.78, 5) is 14.3. The summed E-state index contributed by atoms with van der Waals surface area (Å²) in [5.74, 6) is 0.165. The lowest BCUT2D eigenvalue weighted by Gasteiger charge is -2.28. The molecular weight excluding hydrogens is 264 g/mol. The molecule has 0 aliphatic carbocycles. The number of nitrogens with one attached hydrogen (secondary N) is 1. The molecule has 1 aromatic carbocycles. The SMILES string of the molecule is CC(C)(CO)NCC1=CCN(Cc2ccccc2)CC1=O. The maximum absolute atomic E-state index is 12.2. The Labute approximate surface area is 126 Å².